The number of rotatable bonds is 4. The maximum absolute atomic E-state index is 9.48. The van der Waals surface area contributed by atoms with E-state index in [1.54, 1.807) is 19.2 Å². The molecule has 19 heavy (non-hydrogen) atoms. The van der Waals surface area contributed by atoms with Gasteiger partial charge >= 0.3 is 0 Å². The van der Waals surface area contributed by atoms with Crippen LogP contribution in [0.25, 0.3) is 0 Å². The van der Waals surface area contributed by atoms with Gasteiger partial charge in [0.15, 0.2) is 0 Å². The molecule has 2 rings (SSSR count). The second-order valence-electron chi connectivity index (χ2n) is 4.38. The molecule has 0 heterocycles. The number of benzene rings is 2. The zero-order valence-electron chi connectivity index (χ0n) is 10.9. The van der Waals surface area contributed by atoms with Gasteiger partial charge in [0.2, 0.25) is 0 Å². The fourth-order valence-corrected chi connectivity index (χ4v) is 1.91. The van der Waals surface area contributed by atoms with E-state index in [0.717, 1.165) is 17.0 Å². The van der Waals surface area contributed by atoms with Crippen molar-refractivity contribution < 1.29 is 14.9 Å². The van der Waals surface area contributed by atoms with Crippen LogP contribution in [0, 0.1) is 0 Å². The van der Waals surface area contributed by atoms with Gasteiger partial charge in [-0.3, -0.25) is 0 Å². The molecule has 0 aromatic heterocycles. The lowest BCUT2D eigenvalue weighted by molar-refractivity contribution is 0.415. The van der Waals surface area contributed by atoms with Gasteiger partial charge in [0, 0.05) is 23.9 Å². The molecule has 100 valence electrons. The first-order chi connectivity index (χ1) is 9.08. The molecular weight excluding hydrogens is 242 g/mol. The average molecular weight is 259 g/mol. The minimum Gasteiger partial charge on any atom is -0.508 e. The lowest BCUT2D eigenvalue weighted by Crippen LogP contribution is -2.06. The van der Waals surface area contributed by atoms with E-state index in [4.69, 9.17) is 4.74 Å². The highest BCUT2D eigenvalue weighted by atomic mass is 16.5. The number of hydrogen-bond donors (Lipinski definition) is 3. The molecule has 2 aromatic rings. The van der Waals surface area contributed by atoms with Crippen LogP contribution < -0.4 is 10.1 Å². The summed E-state index contributed by atoms with van der Waals surface area (Å²) in [5, 5.41) is 22.3. The topological polar surface area (TPSA) is 61.7 Å². The fourth-order valence-electron chi connectivity index (χ4n) is 1.91. The first kappa shape index (κ1) is 13.1. The Morgan fingerprint density at radius 3 is 2.37 bits per heavy atom. The Balaban J connectivity index is 2.17. The SMILES string of the molecule is COc1cccc(NC(C)c2cc(O)cc(O)c2)c1. The summed E-state index contributed by atoms with van der Waals surface area (Å²) in [6.45, 7) is 1.95. The largest absolute Gasteiger partial charge is 0.508 e. The fraction of sp³-hybridized carbons (Fsp3) is 0.200. The summed E-state index contributed by atoms with van der Waals surface area (Å²) in [5.41, 5.74) is 1.72. The highest BCUT2D eigenvalue weighted by molar-refractivity contribution is 5.50. The average Bonchev–Trinajstić information content (AvgIpc) is 2.37. The van der Waals surface area contributed by atoms with Crippen LogP contribution in [0.2, 0.25) is 0 Å². The summed E-state index contributed by atoms with van der Waals surface area (Å²) in [4.78, 5) is 0. The minimum atomic E-state index is -0.0508. The first-order valence-electron chi connectivity index (χ1n) is 6.02. The van der Waals surface area contributed by atoms with Crippen molar-refractivity contribution in [3.8, 4) is 17.2 Å². The Morgan fingerprint density at radius 2 is 1.74 bits per heavy atom. The van der Waals surface area contributed by atoms with E-state index in [1.165, 1.54) is 6.07 Å². The zero-order chi connectivity index (χ0) is 13.8. The Labute approximate surface area is 112 Å². The Kier molecular flexibility index (Phi) is 3.80. The van der Waals surface area contributed by atoms with Crippen molar-refractivity contribution >= 4 is 5.69 Å². The van der Waals surface area contributed by atoms with Gasteiger partial charge in [0.1, 0.15) is 17.2 Å². The summed E-state index contributed by atoms with van der Waals surface area (Å²) < 4.78 is 5.16. The summed E-state index contributed by atoms with van der Waals surface area (Å²) in [7, 11) is 1.62. The van der Waals surface area contributed by atoms with Crippen LogP contribution in [0.4, 0.5) is 5.69 Å². The van der Waals surface area contributed by atoms with E-state index in [-0.39, 0.29) is 17.5 Å². The van der Waals surface area contributed by atoms with Crippen molar-refractivity contribution in [1.29, 1.82) is 0 Å². The van der Waals surface area contributed by atoms with Gasteiger partial charge in [-0.2, -0.15) is 0 Å². The van der Waals surface area contributed by atoms with Gasteiger partial charge in [-0.15, -0.1) is 0 Å². The number of phenols is 2. The van der Waals surface area contributed by atoms with Crippen molar-refractivity contribution in [3.05, 3.63) is 48.0 Å². The molecule has 0 bridgehead atoms. The smallest absolute Gasteiger partial charge is 0.120 e. The summed E-state index contributed by atoms with van der Waals surface area (Å²) in [6.07, 6.45) is 0. The van der Waals surface area contributed by atoms with Crippen LogP contribution in [0.5, 0.6) is 17.2 Å². The standard InChI is InChI=1S/C15H17NO3/c1-10(11-6-13(17)9-14(18)7-11)16-12-4-3-5-15(8-12)19-2/h3-10,16-18H,1-2H3. The van der Waals surface area contributed by atoms with E-state index in [1.807, 2.05) is 31.2 Å². The number of phenolic OH excluding ortho intramolecular Hbond substituents is 2. The van der Waals surface area contributed by atoms with Crippen molar-refractivity contribution in [2.24, 2.45) is 0 Å². The molecule has 4 nitrogen and oxygen atoms in total. The lowest BCUT2D eigenvalue weighted by Gasteiger charge is -2.16. The quantitative estimate of drug-likeness (QED) is 0.788. The third-order valence-corrected chi connectivity index (χ3v) is 2.88. The van der Waals surface area contributed by atoms with Crippen LogP contribution >= 0.6 is 0 Å². The molecule has 1 atom stereocenters. The second-order valence-corrected chi connectivity index (χ2v) is 4.38. The predicted octanol–water partition coefficient (Wildman–Crippen LogP) is 3.28. The first-order valence-corrected chi connectivity index (χ1v) is 6.02. The van der Waals surface area contributed by atoms with Crippen molar-refractivity contribution in [3.63, 3.8) is 0 Å². The predicted molar refractivity (Wildman–Crippen MR) is 74.8 cm³/mol. The van der Waals surface area contributed by atoms with Gasteiger partial charge in [-0.05, 0) is 36.8 Å². The zero-order valence-corrected chi connectivity index (χ0v) is 10.9. The molecule has 0 spiro atoms. The monoisotopic (exact) mass is 259 g/mol. The maximum Gasteiger partial charge on any atom is 0.120 e. The number of anilines is 1. The molecule has 0 saturated carbocycles. The molecule has 0 aliphatic heterocycles. The highest BCUT2D eigenvalue weighted by Gasteiger charge is 2.08. The summed E-state index contributed by atoms with van der Waals surface area (Å²) in [5.74, 6) is 0.875. The molecule has 2 aromatic carbocycles. The Morgan fingerprint density at radius 1 is 1.05 bits per heavy atom. The van der Waals surface area contributed by atoms with Crippen molar-refractivity contribution in [2.75, 3.05) is 12.4 Å². The van der Waals surface area contributed by atoms with E-state index in [9.17, 15) is 10.2 Å². The minimum absolute atomic E-state index is 0.0503. The van der Waals surface area contributed by atoms with Gasteiger partial charge in [-0.25, -0.2) is 0 Å². The molecule has 0 aliphatic carbocycles. The Bertz CT molecular complexity index is 549. The molecule has 0 amide bonds. The third-order valence-electron chi connectivity index (χ3n) is 2.88. The molecule has 0 fully saturated rings. The van der Waals surface area contributed by atoms with E-state index in [0.29, 0.717) is 0 Å². The van der Waals surface area contributed by atoms with E-state index < -0.39 is 0 Å². The van der Waals surface area contributed by atoms with E-state index in [2.05, 4.69) is 5.32 Å². The molecule has 3 N–H and O–H groups in total. The molecular formula is C15H17NO3. The van der Waals surface area contributed by atoms with Gasteiger partial charge in [0.25, 0.3) is 0 Å². The normalized spacial score (nSPS) is 11.9. The van der Waals surface area contributed by atoms with Crippen molar-refractivity contribution in [1.82, 2.24) is 0 Å². The number of methoxy groups -OCH3 is 1. The van der Waals surface area contributed by atoms with Gasteiger partial charge in [0.05, 0.1) is 7.11 Å². The van der Waals surface area contributed by atoms with Crippen molar-refractivity contribution in [2.45, 2.75) is 13.0 Å². The van der Waals surface area contributed by atoms with Crippen LogP contribution in [0.3, 0.4) is 0 Å². The molecule has 4 heteroatoms. The molecule has 0 saturated heterocycles. The summed E-state index contributed by atoms with van der Waals surface area (Å²) >= 11 is 0. The molecule has 0 radical (unpaired) electrons. The van der Waals surface area contributed by atoms with Crippen LogP contribution in [-0.4, -0.2) is 17.3 Å². The number of ether oxygens (including phenoxy) is 1. The third kappa shape index (κ3) is 3.31. The van der Waals surface area contributed by atoms with E-state index >= 15 is 0 Å². The maximum atomic E-state index is 9.48. The molecule has 1 unspecified atom stereocenters. The van der Waals surface area contributed by atoms with Crippen LogP contribution in [-0.2, 0) is 0 Å². The van der Waals surface area contributed by atoms with Crippen LogP contribution in [0.1, 0.15) is 18.5 Å². The van der Waals surface area contributed by atoms with Gasteiger partial charge in [-0.1, -0.05) is 6.07 Å². The second kappa shape index (κ2) is 5.52. The van der Waals surface area contributed by atoms with Gasteiger partial charge < -0.3 is 20.3 Å². The highest BCUT2D eigenvalue weighted by Crippen LogP contribution is 2.27. The summed E-state index contributed by atoms with van der Waals surface area (Å²) in [6, 6.07) is 12.1. The van der Waals surface area contributed by atoms with Crippen LogP contribution in [0.15, 0.2) is 42.5 Å². The number of hydrogen-bond acceptors (Lipinski definition) is 4. The Hall–Kier alpha value is -2.36. The molecule has 0 aliphatic rings. The lowest BCUT2D eigenvalue weighted by atomic mass is 10.1. The number of nitrogens with one attached hydrogen (secondary N) is 1. The number of aromatic hydroxyl groups is 2.